The number of hydrogen-bond acceptors (Lipinski definition) is 6. The molecule has 0 spiro atoms. The number of unbranched alkanes of at least 4 members (excludes halogenated alkanes) is 16. The summed E-state index contributed by atoms with van der Waals surface area (Å²) in [6, 6.07) is 0. The standard InChI is InChI=1S/C56H90O6/c1-4-7-10-13-16-19-22-24-26-28-29-31-32-34-37-40-43-46-49-55(58)61-52-53(51-60-54(57)48-45-42-39-36-21-18-15-12-9-6-3)62-56(59)50-47-44-41-38-35-33-30-27-25-23-20-17-14-11-8-5-2/h8,11,15,17-18,20,22,24-29,31,33,35,41,44,53H,4-7,9-10,12-14,16,19,21,23,30,32,34,36-40,42-43,45-52H2,1-3H3/b11-8-,18-15-,20-17-,24-22-,27-25-,28-26-,31-29-,35-33-,44-41-. The van der Waals surface area contributed by atoms with Gasteiger partial charge in [-0.1, -0.05) is 201 Å². The van der Waals surface area contributed by atoms with Crippen LogP contribution >= 0.6 is 0 Å². The van der Waals surface area contributed by atoms with E-state index in [1.807, 2.05) is 12.2 Å². The number of carbonyl (C=O) groups excluding carboxylic acids is 3. The van der Waals surface area contributed by atoms with Gasteiger partial charge in [-0.05, 0) is 96.3 Å². The van der Waals surface area contributed by atoms with E-state index in [2.05, 4.69) is 118 Å². The summed E-state index contributed by atoms with van der Waals surface area (Å²) >= 11 is 0. The van der Waals surface area contributed by atoms with Crippen molar-refractivity contribution in [2.45, 2.75) is 213 Å². The van der Waals surface area contributed by atoms with Crippen molar-refractivity contribution in [3.8, 4) is 0 Å². The van der Waals surface area contributed by atoms with Gasteiger partial charge in [-0.2, -0.15) is 0 Å². The molecule has 6 heteroatoms. The van der Waals surface area contributed by atoms with Crippen molar-refractivity contribution in [2.75, 3.05) is 13.2 Å². The molecular weight excluding hydrogens is 769 g/mol. The maximum absolute atomic E-state index is 12.7. The topological polar surface area (TPSA) is 78.9 Å². The molecule has 350 valence electrons. The first-order chi connectivity index (χ1) is 30.5. The van der Waals surface area contributed by atoms with E-state index in [0.717, 1.165) is 116 Å². The van der Waals surface area contributed by atoms with Gasteiger partial charge < -0.3 is 14.2 Å². The van der Waals surface area contributed by atoms with Gasteiger partial charge in [0.1, 0.15) is 13.2 Å². The van der Waals surface area contributed by atoms with Gasteiger partial charge in [0.05, 0.1) is 0 Å². The lowest BCUT2D eigenvalue weighted by molar-refractivity contribution is -0.166. The second-order valence-corrected chi connectivity index (χ2v) is 16.0. The van der Waals surface area contributed by atoms with Crippen LogP contribution in [0.3, 0.4) is 0 Å². The van der Waals surface area contributed by atoms with Crippen molar-refractivity contribution >= 4 is 17.9 Å². The van der Waals surface area contributed by atoms with Crippen LogP contribution in [0.5, 0.6) is 0 Å². The zero-order chi connectivity index (χ0) is 45.1. The molecule has 6 nitrogen and oxygen atoms in total. The minimum absolute atomic E-state index is 0.123. The maximum Gasteiger partial charge on any atom is 0.306 e. The average Bonchev–Trinajstić information content (AvgIpc) is 3.27. The SMILES string of the molecule is CC/C=C\C/C=C\C/C=C\C/C=C\C/C=C\CCC(=O)OC(COC(=O)CCCCCC/C=C\CCCC)COC(=O)CCCCCCC\C=C/C=C\C=C/CCCCCCC. The summed E-state index contributed by atoms with van der Waals surface area (Å²) in [5.41, 5.74) is 0. The van der Waals surface area contributed by atoms with E-state index >= 15 is 0 Å². The number of hydrogen-bond donors (Lipinski definition) is 0. The molecule has 0 bridgehead atoms. The van der Waals surface area contributed by atoms with E-state index in [1.165, 1.54) is 44.9 Å². The molecule has 0 aromatic carbocycles. The second-order valence-electron chi connectivity index (χ2n) is 16.0. The highest BCUT2D eigenvalue weighted by atomic mass is 16.6. The fourth-order valence-corrected chi connectivity index (χ4v) is 6.30. The monoisotopic (exact) mass is 859 g/mol. The minimum Gasteiger partial charge on any atom is -0.462 e. The van der Waals surface area contributed by atoms with Gasteiger partial charge in [-0.25, -0.2) is 0 Å². The fraction of sp³-hybridized carbons (Fsp3) is 0.625. The molecule has 0 aliphatic carbocycles. The summed E-state index contributed by atoms with van der Waals surface area (Å²) < 4.78 is 16.6. The van der Waals surface area contributed by atoms with Crippen molar-refractivity contribution in [1.82, 2.24) is 0 Å². The molecule has 0 fully saturated rings. The molecule has 1 atom stereocenters. The Morgan fingerprint density at radius 1 is 0.355 bits per heavy atom. The number of rotatable bonds is 43. The number of allylic oxidation sites excluding steroid dienone is 18. The zero-order valence-electron chi connectivity index (χ0n) is 39.8. The van der Waals surface area contributed by atoms with Crippen LogP contribution in [-0.2, 0) is 28.6 Å². The van der Waals surface area contributed by atoms with Gasteiger partial charge in [0.25, 0.3) is 0 Å². The third-order valence-electron chi connectivity index (χ3n) is 10.1. The zero-order valence-corrected chi connectivity index (χ0v) is 39.8. The van der Waals surface area contributed by atoms with E-state index in [9.17, 15) is 14.4 Å². The largest absolute Gasteiger partial charge is 0.462 e. The second kappa shape index (κ2) is 49.7. The molecule has 0 aliphatic heterocycles. The summed E-state index contributed by atoms with van der Waals surface area (Å²) in [4.78, 5) is 37.8. The van der Waals surface area contributed by atoms with Crippen molar-refractivity contribution in [1.29, 1.82) is 0 Å². The highest BCUT2D eigenvalue weighted by molar-refractivity contribution is 5.71. The van der Waals surface area contributed by atoms with Crippen LogP contribution in [0.15, 0.2) is 109 Å². The molecule has 0 rings (SSSR count). The molecule has 0 aromatic heterocycles. The molecule has 0 aliphatic rings. The van der Waals surface area contributed by atoms with Crippen molar-refractivity contribution in [3.05, 3.63) is 109 Å². The summed E-state index contributed by atoms with van der Waals surface area (Å²) in [5.74, 6) is -1.05. The Morgan fingerprint density at radius 3 is 1.23 bits per heavy atom. The summed E-state index contributed by atoms with van der Waals surface area (Å²) in [7, 11) is 0. The lowest BCUT2D eigenvalue weighted by Gasteiger charge is -2.18. The van der Waals surface area contributed by atoms with Crippen LogP contribution in [-0.4, -0.2) is 37.2 Å². The fourth-order valence-electron chi connectivity index (χ4n) is 6.30. The van der Waals surface area contributed by atoms with Crippen LogP contribution in [0.1, 0.15) is 207 Å². The van der Waals surface area contributed by atoms with E-state index in [1.54, 1.807) is 0 Å². The molecule has 0 amide bonds. The minimum atomic E-state index is -0.831. The van der Waals surface area contributed by atoms with Crippen LogP contribution in [0.4, 0.5) is 0 Å². The van der Waals surface area contributed by atoms with E-state index in [0.29, 0.717) is 19.3 Å². The first kappa shape index (κ1) is 58.1. The Hall–Kier alpha value is -3.93. The number of ether oxygens (including phenoxy) is 3. The molecule has 62 heavy (non-hydrogen) atoms. The lowest BCUT2D eigenvalue weighted by atomic mass is 10.1. The maximum atomic E-state index is 12.7. The smallest absolute Gasteiger partial charge is 0.306 e. The summed E-state index contributed by atoms with van der Waals surface area (Å²) in [6.07, 6.45) is 66.6. The van der Waals surface area contributed by atoms with E-state index in [4.69, 9.17) is 14.2 Å². The number of carbonyl (C=O) groups is 3. The average molecular weight is 859 g/mol. The van der Waals surface area contributed by atoms with Crippen molar-refractivity contribution in [2.24, 2.45) is 0 Å². The lowest BCUT2D eigenvalue weighted by Crippen LogP contribution is -2.30. The van der Waals surface area contributed by atoms with Crippen LogP contribution in [0, 0.1) is 0 Å². The predicted molar refractivity (Wildman–Crippen MR) is 265 cm³/mol. The van der Waals surface area contributed by atoms with Crippen LogP contribution in [0.25, 0.3) is 0 Å². The Balaban J connectivity index is 4.53. The molecule has 0 saturated heterocycles. The molecule has 0 saturated carbocycles. The third-order valence-corrected chi connectivity index (χ3v) is 10.1. The Labute approximate surface area is 380 Å². The molecule has 0 radical (unpaired) electrons. The van der Waals surface area contributed by atoms with Gasteiger partial charge >= 0.3 is 17.9 Å². The molecule has 0 aromatic rings. The molecule has 0 heterocycles. The first-order valence-corrected chi connectivity index (χ1v) is 24.9. The first-order valence-electron chi connectivity index (χ1n) is 24.9. The van der Waals surface area contributed by atoms with Gasteiger partial charge in [0, 0.05) is 19.3 Å². The quantitative estimate of drug-likeness (QED) is 0.0200. The van der Waals surface area contributed by atoms with Gasteiger partial charge in [-0.15, -0.1) is 0 Å². The molecular formula is C56H90O6. The highest BCUT2D eigenvalue weighted by Crippen LogP contribution is 2.12. The number of esters is 3. The van der Waals surface area contributed by atoms with Crippen LogP contribution < -0.4 is 0 Å². The molecule has 0 N–H and O–H groups in total. The molecule has 1 unspecified atom stereocenters. The Kier molecular flexibility index (Phi) is 46.6. The Bertz CT molecular complexity index is 1310. The van der Waals surface area contributed by atoms with Gasteiger partial charge in [0.2, 0.25) is 0 Å². The van der Waals surface area contributed by atoms with Crippen molar-refractivity contribution < 1.29 is 28.6 Å². The summed E-state index contributed by atoms with van der Waals surface area (Å²) in [6.45, 7) is 6.35. The highest BCUT2D eigenvalue weighted by Gasteiger charge is 2.19. The van der Waals surface area contributed by atoms with E-state index < -0.39 is 12.1 Å². The van der Waals surface area contributed by atoms with Crippen molar-refractivity contribution in [3.63, 3.8) is 0 Å². The van der Waals surface area contributed by atoms with Crippen LogP contribution in [0.2, 0.25) is 0 Å². The summed E-state index contributed by atoms with van der Waals surface area (Å²) in [5, 5.41) is 0. The Morgan fingerprint density at radius 2 is 0.742 bits per heavy atom. The normalized spacial score (nSPS) is 13.0. The third kappa shape index (κ3) is 47.1. The van der Waals surface area contributed by atoms with Gasteiger partial charge in [0.15, 0.2) is 6.10 Å². The van der Waals surface area contributed by atoms with E-state index in [-0.39, 0.29) is 31.6 Å². The predicted octanol–water partition coefficient (Wildman–Crippen LogP) is 16.4. The van der Waals surface area contributed by atoms with Gasteiger partial charge in [-0.3, -0.25) is 14.4 Å².